The average Bonchev–Trinajstić information content (AvgIpc) is 2.10. The summed E-state index contributed by atoms with van der Waals surface area (Å²) in [6.45, 7) is 11.0. The van der Waals surface area contributed by atoms with Gasteiger partial charge in [-0.15, -0.1) is 0 Å². The normalized spacial score (nSPS) is 10.8. The van der Waals surface area contributed by atoms with Gasteiger partial charge in [-0.05, 0) is 57.4 Å². The van der Waals surface area contributed by atoms with Crippen molar-refractivity contribution < 1.29 is 0 Å². The van der Waals surface area contributed by atoms with Gasteiger partial charge >= 0.3 is 0 Å². The van der Waals surface area contributed by atoms with E-state index in [1.54, 1.807) is 0 Å². The van der Waals surface area contributed by atoms with Crippen molar-refractivity contribution in [3.05, 3.63) is 28.8 Å². The zero-order chi connectivity index (χ0) is 10.9. The third kappa shape index (κ3) is 2.09. The van der Waals surface area contributed by atoms with E-state index in [9.17, 15) is 0 Å². The van der Waals surface area contributed by atoms with E-state index in [-0.39, 0.29) is 0 Å². The number of rotatable bonds is 2. The molecule has 0 saturated heterocycles. The largest absolute Gasteiger partial charge is 0.372 e. The summed E-state index contributed by atoms with van der Waals surface area (Å²) in [5.41, 5.74) is 5.47. The lowest BCUT2D eigenvalue weighted by atomic mass is 10.0. The minimum atomic E-state index is 0.552. The molecule has 0 saturated carbocycles. The van der Waals surface area contributed by atoms with Gasteiger partial charge in [0, 0.05) is 18.8 Å². The topological polar surface area (TPSA) is 3.24 Å². The van der Waals surface area contributed by atoms with Crippen LogP contribution in [0.5, 0.6) is 0 Å². The molecule has 14 heavy (non-hydrogen) atoms. The number of nitrogens with zero attached hydrogens (tertiary/aromatic N) is 1. The van der Waals surface area contributed by atoms with Gasteiger partial charge in [0.15, 0.2) is 0 Å². The van der Waals surface area contributed by atoms with Gasteiger partial charge in [0.2, 0.25) is 0 Å². The van der Waals surface area contributed by atoms with Crippen LogP contribution in [0.2, 0.25) is 0 Å². The number of benzene rings is 1. The molecular weight excluding hydrogens is 170 g/mol. The molecule has 0 amide bonds. The molecule has 0 aliphatic heterocycles. The SMILES string of the molecule is Cc1cc(C)c(N(C)C(C)C)cc1C. The standard InChI is InChI=1S/C13H21N/c1-9(2)14(6)13-8-11(4)10(3)7-12(13)5/h7-9H,1-6H3. The first kappa shape index (κ1) is 11.1. The fraction of sp³-hybridized carbons (Fsp3) is 0.538. The van der Waals surface area contributed by atoms with E-state index in [4.69, 9.17) is 0 Å². The Kier molecular flexibility index (Phi) is 3.20. The highest BCUT2D eigenvalue weighted by Gasteiger charge is 2.08. The minimum absolute atomic E-state index is 0.552. The summed E-state index contributed by atoms with van der Waals surface area (Å²) in [6.07, 6.45) is 0. The Morgan fingerprint density at radius 2 is 1.43 bits per heavy atom. The third-order valence-electron chi connectivity index (χ3n) is 2.97. The van der Waals surface area contributed by atoms with Crippen molar-refractivity contribution in [2.75, 3.05) is 11.9 Å². The summed E-state index contributed by atoms with van der Waals surface area (Å²) in [6, 6.07) is 5.10. The van der Waals surface area contributed by atoms with Crippen LogP contribution in [-0.2, 0) is 0 Å². The monoisotopic (exact) mass is 191 g/mol. The minimum Gasteiger partial charge on any atom is -0.372 e. The highest BCUT2D eigenvalue weighted by Crippen LogP contribution is 2.24. The fourth-order valence-electron chi connectivity index (χ4n) is 1.60. The fourth-order valence-corrected chi connectivity index (χ4v) is 1.60. The molecule has 1 rings (SSSR count). The first-order valence-corrected chi connectivity index (χ1v) is 5.24. The van der Waals surface area contributed by atoms with Crippen LogP contribution in [0.4, 0.5) is 5.69 Å². The zero-order valence-electron chi connectivity index (χ0n) is 10.2. The van der Waals surface area contributed by atoms with Crippen molar-refractivity contribution in [3.63, 3.8) is 0 Å². The van der Waals surface area contributed by atoms with Crippen LogP contribution >= 0.6 is 0 Å². The lowest BCUT2D eigenvalue weighted by molar-refractivity contribution is 0.752. The van der Waals surface area contributed by atoms with E-state index < -0.39 is 0 Å². The summed E-state index contributed by atoms with van der Waals surface area (Å²) in [5.74, 6) is 0. The van der Waals surface area contributed by atoms with Crippen LogP contribution in [0.15, 0.2) is 12.1 Å². The Morgan fingerprint density at radius 1 is 0.929 bits per heavy atom. The lowest BCUT2D eigenvalue weighted by Gasteiger charge is -2.26. The number of hydrogen-bond donors (Lipinski definition) is 0. The first-order valence-electron chi connectivity index (χ1n) is 5.24. The molecular formula is C13H21N. The van der Waals surface area contributed by atoms with Gasteiger partial charge in [-0.3, -0.25) is 0 Å². The van der Waals surface area contributed by atoms with Crippen molar-refractivity contribution in [2.24, 2.45) is 0 Å². The first-order chi connectivity index (χ1) is 6.43. The van der Waals surface area contributed by atoms with Crippen molar-refractivity contribution >= 4 is 5.69 Å². The van der Waals surface area contributed by atoms with E-state index in [1.807, 2.05) is 0 Å². The van der Waals surface area contributed by atoms with E-state index in [0.29, 0.717) is 6.04 Å². The molecule has 0 aromatic heterocycles. The summed E-state index contributed by atoms with van der Waals surface area (Å²) in [5, 5.41) is 0. The second kappa shape index (κ2) is 4.04. The summed E-state index contributed by atoms with van der Waals surface area (Å²) in [7, 11) is 2.15. The molecule has 1 heteroatoms. The molecule has 0 aliphatic rings. The maximum Gasteiger partial charge on any atom is 0.0398 e. The molecule has 0 spiro atoms. The highest BCUT2D eigenvalue weighted by molar-refractivity contribution is 5.56. The summed E-state index contributed by atoms with van der Waals surface area (Å²) >= 11 is 0. The van der Waals surface area contributed by atoms with E-state index in [1.165, 1.54) is 22.4 Å². The molecule has 1 nitrogen and oxygen atoms in total. The third-order valence-corrected chi connectivity index (χ3v) is 2.97. The van der Waals surface area contributed by atoms with Crippen LogP contribution in [0, 0.1) is 20.8 Å². The van der Waals surface area contributed by atoms with Gasteiger partial charge in [-0.1, -0.05) is 6.07 Å². The Labute approximate surface area is 87.7 Å². The van der Waals surface area contributed by atoms with Crippen LogP contribution < -0.4 is 4.90 Å². The Balaban J connectivity index is 3.15. The molecule has 0 atom stereocenters. The Hall–Kier alpha value is -0.980. The maximum atomic E-state index is 2.32. The van der Waals surface area contributed by atoms with Gasteiger partial charge in [0.1, 0.15) is 0 Å². The smallest absolute Gasteiger partial charge is 0.0398 e. The van der Waals surface area contributed by atoms with Gasteiger partial charge in [0.05, 0.1) is 0 Å². The van der Waals surface area contributed by atoms with E-state index in [2.05, 4.69) is 58.7 Å². The van der Waals surface area contributed by atoms with Gasteiger partial charge in [-0.25, -0.2) is 0 Å². The Morgan fingerprint density at radius 3 is 1.93 bits per heavy atom. The van der Waals surface area contributed by atoms with E-state index in [0.717, 1.165) is 0 Å². The molecule has 0 unspecified atom stereocenters. The van der Waals surface area contributed by atoms with Crippen LogP contribution in [-0.4, -0.2) is 13.1 Å². The van der Waals surface area contributed by atoms with Crippen LogP contribution in [0.3, 0.4) is 0 Å². The molecule has 0 heterocycles. The quantitative estimate of drug-likeness (QED) is 0.692. The predicted molar refractivity (Wildman–Crippen MR) is 64.2 cm³/mol. The molecule has 0 bridgehead atoms. The maximum absolute atomic E-state index is 2.32. The lowest BCUT2D eigenvalue weighted by Crippen LogP contribution is -2.26. The van der Waals surface area contributed by atoms with E-state index >= 15 is 0 Å². The number of anilines is 1. The van der Waals surface area contributed by atoms with Crippen molar-refractivity contribution in [1.29, 1.82) is 0 Å². The zero-order valence-corrected chi connectivity index (χ0v) is 10.2. The highest BCUT2D eigenvalue weighted by atomic mass is 15.1. The number of hydrogen-bond acceptors (Lipinski definition) is 1. The number of aryl methyl sites for hydroxylation is 3. The van der Waals surface area contributed by atoms with Crippen molar-refractivity contribution in [1.82, 2.24) is 0 Å². The second-order valence-electron chi connectivity index (χ2n) is 4.43. The van der Waals surface area contributed by atoms with Crippen LogP contribution in [0.25, 0.3) is 0 Å². The molecule has 0 fully saturated rings. The predicted octanol–water partition coefficient (Wildman–Crippen LogP) is 3.46. The molecule has 0 radical (unpaired) electrons. The van der Waals surface area contributed by atoms with Crippen molar-refractivity contribution in [2.45, 2.75) is 40.7 Å². The molecule has 0 N–H and O–H groups in total. The molecule has 1 aromatic carbocycles. The molecule has 0 aliphatic carbocycles. The summed E-state index contributed by atoms with van der Waals surface area (Å²) < 4.78 is 0. The van der Waals surface area contributed by atoms with Crippen LogP contribution in [0.1, 0.15) is 30.5 Å². The molecule has 78 valence electrons. The van der Waals surface area contributed by atoms with Gasteiger partial charge in [-0.2, -0.15) is 0 Å². The van der Waals surface area contributed by atoms with Gasteiger partial charge < -0.3 is 4.90 Å². The second-order valence-corrected chi connectivity index (χ2v) is 4.43. The van der Waals surface area contributed by atoms with Gasteiger partial charge in [0.25, 0.3) is 0 Å². The molecule has 1 aromatic rings. The van der Waals surface area contributed by atoms with Crippen molar-refractivity contribution in [3.8, 4) is 0 Å². The Bertz CT molecular complexity index is 326. The summed E-state index contributed by atoms with van der Waals surface area (Å²) in [4.78, 5) is 2.32. The average molecular weight is 191 g/mol.